The van der Waals surface area contributed by atoms with Crippen LogP contribution in [0.3, 0.4) is 0 Å². The van der Waals surface area contributed by atoms with Crippen molar-refractivity contribution in [3.63, 3.8) is 0 Å². The van der Waals surface area contributed by atoms with Gasteiger partial charge in [-0.2, -0.15) is 0 Å². The molecule has 4 heteroatoms. The number of ether oxygens (including phenoxy) is 2. The van der Waals surface area contributed by atoms with Crippen molar-refractivity contribution < 1.29 is 14.6 Å². The molecule has 3 unspecified atom stereocenters. The Labute approximate surface area is 126 Å². The molecule has 0 aromatic heterocycles. The zero-order chi connectivity index (χ0) is 14.8. The third-order valence-corrected chi connectivity index (χ3v) is 4.55. The SMILES string of the molecule is CCOc1cccc2c1OCC(N1CCCC(C)C1)C2O. The molecule has 0 bridgehead atoms. The molecule has 0 radical (unpaired) electrons. The second-order valence-corrected chi connectivity index (χ2v) is 6.17. The lowest BCUT2D eigenvalue weighted by molar-refractivity contribution is -0.0136. The van der Waals surface area contributed by atoms with Crippen LogP contribution in [0.5, 0.6) is 11.5 Å². The molecular weight excluding hydrogens is 266 g/mol. The number of aliphatic hydroxyl groups excluding tert-OH is 1. The first kappa shape index (κ1) is 14.7. The molecule has 3 atom stereocenters. The van der Waals surface area contributed by atoms with E-state index in [-0.39, 0.29) is 6.04 Å². The van der Waals surface area contributed by atoms with Crippen molar-refractivity contribution >= 4 is 0 Å². The van der Waals surface area contributed by atoms with Crippen LogP contribution in [-0.2, 0) is 0 Å². The van der Waals surface area contributed by atoms with Crippen LogP contribution in [0.4, 0.5) is 0 Å². The molecule has 2 heterocycles. The fraction of sp³-hybridized carbons (Fsp3) is 0.647. The smallest absolute Gasteiger partial charge is 0.167 e. The van der Waals surface area contributed by atoms with Crippen LogP contribution in [0.15, 0.2) is 18.2 Å². The van der Waals surface area contributed by atoms with Gasteiger partial charge in [0.1, 0.15) is 12.7 Å². The summed E-state index contributed by atoms with van der Waals surface area (Å²) in [6.45, 7) is 7.47. The van der Waals surface area contributed by atoms with Gasteiger partial charge in [-0.25, -0.2) is 0 Å². The number of fused-ring (bicyclic) bond motifs is 1. The van der Waals surface area contributed by atoms with E-state index in [4.69, 9.17) is 9.47 Å². The number of benzene rings is 1. The van der Waals surface area contributed by atoms with Gasteiger partial charge in [0.05, 0.1) is 12.6 Å². The molecule has 21 heavy (non-hydrogen) atoms. The lowest BCUT2D eigenvalue weighted by atomic mass is 9.93. The van der Waals surface area contributed by atoms with E-state index in [9.17, 15) is 5.11 Å². The second-order valence-electron chi connectivity index (χ2n) is 6.17. The van der Waals surface area contributed by atoms with Crippen molar-refractivity contribution in [3.8, 4) is 11.5 Å². The van der Waals surface area contributed by atoms with Gasteiger partial charge in [0.2, 0.25) is 0 Å². The quantitative estimate of drug-likeness (QED) is 0.929. The number of aliphatic hydroxyl groups is 1. The minimum Gasteiger partial charge on any atom is -0.490 e. The Morgan fingerprint density at radius 2 is 2.29 bits per heavy atom. The van der Waals surface area contributed by atoms with Gasteiger partial charge in [-0.05, 0) is 38.3 Å². The normalized spacial score (nSPS) is 29.6. The van der Waals surface area contributed by atoms with Crippen LogP contribution in [0, 0.1) is 5.92 Å². The summed E-state index contributed by atoms with van der Waals surface area (Å²) in [5.41, 5.74) is 0.857. The minimum atomic E-state index is -0.501. The molecule has 0 spiro atoms. The van der Waals surface area contributed by atoms with E-state index in [2.05, 4.69) is 11.8 Å². The Bertz CT molecular complexity index is 491. The van der Waals surface area contributed by atoms with Crippen molar-refractivity contribution in [2.45, 2.75) is 38.8 Å². The first-order chi connectivity index (χ1) is 10.2. The summed E-state index contributed by atoms with van der Waals surface area (Å²) < 4.78 is 11.6. The Balaban J connectivity index is 1.82. The molecule has 0 saturated carbocycles. The van der Waals surface area contributed by atoms with Crippen LogP contribution in [0.1, 0.15) is 38.4 Å². The molecule has 0 amide bonds. The number of hydrogen-bond acceptors (Lipinski definition) is 4. The maximum absolute atomic E-state index is 10.8. The molecule has 3 rings (SSSR count). The summed E-state index contributed by atoms with van der Waals surface area (Å²) in [6, 6.07) is 5.83. The predicted molar refractivity (Wildman–Crippen MR) is 81.8 cm³/mol. The molecule has 1 aromatic carbocycles. The molecule has 1 saturated heterocycles. The number of nitrogens with zero attached hydrogens (tertiary/aromatic N) is 1. The molecule has 1 fully saturated rings. The number of piperidine rings is 1. The van der Waals surface area contributed by atoms with E-state index in [0.29, 0.717) is 24.9 Å². The van der Waals surface area contributed by atoms with Gasteiger partial charge in [0.25, 0.3) is 0 Å². The van der Waals surface area contributed by atoms with E-state index in [1.165, 1.54) is 12.8 Å². The molecule has 2 aliphatic heterocycles. The maximum atomic E-state index is 10.8. The maximum Gasteiger partial charge on any atom is 0.167 e. The van der Waals surface area contributed by atoms with Crippen LogP contribution < -0.4 is 9.47 Å². The van der Waals surface area contributed by atoms with Gasteiger partial charge in [-0.1, -0.05) is 19.1 Å². The average molecular weight is 291 g/mol. The first-order valence-electron chi connectivity index (χ1n) is 8.01. The monoisotopic (exact) mass is 291 g/mol. The van der Waals surface area contributed by atoms with Crippen LogP contribution >= 0.6 is 0 Å². The Kier molecular flexibility index (Phi) is 4.36. The van der Waals surface area contributed by atoms with E-state index < -0.39 is 6.10 Å². The minimum absolute atomic E-state index is 0.0529. The largest absolute Gasteiger partial charge is 0.490 e. The highest BCUT2D eigenvalue weighted by molar-refractivity contribution is 5.49. The number of hydrogen-bond donors (Lipinski definition) is 1. The fourth-order valence-electron chi connectivity index (χ4n) is 3.49. The van der Waals surface area contributed by atoms with Gasteiger partial charge in [0, 0.05) is 12.1 Å². The van der Waals surface area contributed by atoms with Crippen molar-refractivity contribution in [2.75, 3.05) is 26.3 Å². The van der Waals surface area contributed by atoms with E-state index >= 15 is 0 Å². The molecule has 1 N–H and O–H groups in total. The number of para-hydroxylation sites is 1. The topological polar surface area (TPSA) is 41.9 Å². The van der Waals surface area contributed by atoms with Crippen molar-refractivity contribution in [1.82, 2.24) is 4.90 Å². The van der Waals surface area contributed by atoms with Crippen LogP contribution in [0.2, 0.25) is 0 Å². The van der Waals surface area contributed by atoms with Gasteiger partial charge in [-0.15, -0.1) is 0 Å². The summed E-state index contributed by atoms with van der Waals surface area (Å²) >= 11 is 0. The highest BCUT2D eigenvalue weighted by Gasteiger charge is 2.36. The van der Waals surface area contributed by atoms with Gasteiger partial charge in [-0.3, -0.25) is 4.90 Å². The van der Waals surface area contributed by atoms with Crippen molar-refractivity contribution in [3.05, 3.63) is 23.8 Å². The van der Waals surface area contributed by atoms with E-state index in [0.717, 1.165) is 24.4 Å². The third-order valence-electron chi connectivity index (χ3n) is 4.55. The van der Waals surface area contributed by atoms with Crippen molar-refractivity contribution in [2.24, 2.45) is 5.92 Å². The Hall–Kier alpha value is -1.26. The summed E-state index contributed by atoms with van der Waals surface area (Å²) in [7, 11) is 0. The summed E-state index contributed by atoms with van der Waals surface area (Å²) in [5.74, 6) is 2.15. The van der Waals surface area contributed by atoms with Gasteiger partial charge < -0.3 is 14.6 Å². The van der Waals surface area contributed by atoms with Crippen molar-refractivity contribution in [1.29, 1.82) is 0 Å². The molecule has 4 nitrogen and oxygen atoms in total. The Morgan fingerprint density at radius 1 is 1.43 bits per heavy atom. The van der Waals surface area contributed by atoms with E-state index in [1.54, 1.807) is 0 Å². The average Bonchev–Trinajstić information content (AvgIpc) is 2.49. The van der Waals surface area contributed by atoms with Gasteiger partial charge >= 0.3 is 0 Å². The molecule has 1 aromatic rings. The third kappa shape index (κ3) is 2.87. The fourth-order valence-corrected chi connectivity index (χ4v) is 3.49. The zero-order valence-electron chi connectivity index (χ0n) is 12.9. The standard InChI is InChI=1S/C17H25NO3/c1-3-20-15-8-4-7-13-16(19)14(11-21-17(13)15)18-9-5-6-12(2)10-18/h4,7-8,12,14,16,19H,3,5-6,9-11H2,1-2H3. The van der Waals surface area contributed by atoms with E-state index in [1.807, 2.05) is 25.1 Å². The second kappa shape index (κ2) is 6.24. The summed E-state index contributed by atoms with van der Waals surface area (Å²) in [6.07, 6.45) is 1.99. The van der Waals surface area contributed by atoms with Crippen LogP contribution in [0.25, 0.3) is 0 Å². The highest BCUT2D eigenvalue weighted by Crippen LogP contribution is 2.41. The molecule has 0 aliphatic carbocycles. The molecule has 2 aliphatic rings. The number of rotatable bonds is 3. The predicted octanol–water partition coefficient (Wildman–Crippen LogP) is 2.61. The lowest BCUT2D eigenvalue weighted by Gasteiger charge is -2.42. The summed E-state index contributed by atoms with van der Waals surface area (Å²) in [4.78, 5) is 2.38. The van der Waals surface area contributed by atoms with Crippen LogP contribution in [-0.4, -0.2) is 42.4 Å². The first-order valence-corrected chi connectivity index (χ1v) is 8.01. The highest BCUT2D eigenvalue weighted by atomic mass is 16.5. The molecular formula is C17H25NO3. The summed E-state index contributed by atoms with van der Waals surface area (Å²) in [5, 5.41) is 10.8. The number of likely N-dealkylation sites (tertiary alicyclic amines) is 1. The molecule has 116 valence electrons. The Morgan fingerprint density at radius 3 is 3.05 bits per heavy atom. The van der Waals surface area contributed by atoms with Gasteiger partial charge in [0.15, 0.2) is 11.5 Å². The zero-order valence-corrected chi connectivity index (χ0v) is 12.9. The lowest BCUT2D eigenvalue weighted by Crippen LogP contribution is -2.49.